The molecule has 8 heteroatoms. The number of amides is 1. The summed E-state index contributed by atoms with van der Waals surface area (Å²) < 4.78 is 5.81. The summed E-state index contributed by atoms with van der Waals surface area (Å²) in [7, 11) is 0. The highest BCUT2D eigenvalue weighted by Gasteiger charge is 2.23. The lowest BCUT2D eigenvalue weighted by Gasteiger charge is -2.34. The van der Waals surface area contributed by atoms with Crippen LogP contribution < -0.4 is 4.90 Å². The molecule has 0 atom stereocenters. The second-order valence-corrected chi connectivity index (χ2v) is 8.13. The number of aromatic nitrogens is 3. The van der Waals surface area contributed by atoms with E-state index in [9.17, 15) is 4.79 Å². The van der Waals surface area contributed by atoms with Crippen molar-refractivity contribution in [2.24, 2.45) is 0 Å². The third-order valence-electron chi connectivity index (χ3n) is 5.22. The van der Waals surface area contributed by atoms with Crippen LogP contribution >= 0.6 is 11.3 Å². The molecule has 1 saturated heterocycles. The number of pyridine rings is 1. The Morgan fingerprint density at radius 2 is 1.87 bits per heavy atom. The van der Waals surface area contributed by atoms with E-state index in [1.165, 1.54) is 0 Å². The lowest BCUT2D eigenvalue weighted by molar-refractivity contribution is -0.131. The summed E-state index contributed by atoms with van der Waals surface area (Å²) >= 11 is 1.60. The number of piperazine rings is 1. The van der Waals surface area contributed by atoms with Gasteiger partial charge in [0.25, 0.3) is 0 Å². The summed E-state index contributed by atoms with van der Waals surface area (Å²) in [6, 6.07) is 13.7. The Kier molecular flexibility index (Phi) is 5.15. The van der Waals surface area contributed by atoms with Gasteiger partial charge in [-0.05, 0) is 12.1 Å². The average Bonchev–Trinajstić information content (AvgIpc) is 3.45. The first-order valence-electron chi connectivity index (χ1n) is 10.0. The molecule has 4 aromatic rings. The zero-order valence-electron chi connectivity index (χ0n) is 16.4. The molecule has 152 valence electrons. The normalized spacial score (nSPS) is 14.4. The van der Waals surface area contributed by atoms with Crippen molar-refractivity contribution in [1.29, 1.82) is 0 Å². The van der Waals surface area contributed by atoms with Crippen molar-refractivity contribution >= 4 is 32.7 Å². The Hall–Kier alpha value is -3.26. The molecule has 7 nitrogen and oxygen atoms in total. The van der Waals surface area contributed by atoms with E-state index >= 15 is 0 Å². The van der Waals surface area contributed by atoms with Gasteiger partial charge in [-0.15, -0.1) is 0 Å². The zero-order valence-corrected chi connectivity index (χ0v) is 17.2. The van der Waals surface area contributed by atoms with Crippen LogP contribution in [0.25, 0.3) is 21.7 Å². The van der Waals surface area contributed by atoms with Gasteiger partial charge in [0, 0.05) is 50.8 Å². The first kappa shape index (κ1) is 18.7. The van der Waals surface area contributed by atoms with Crippen molar-refractivity contribution in [2.75, 3.05) is 31.1 Å². The van der Waals surface area contributed by atoms with Crippen LogP contribution in [0.1, 0.15) is 12.3 Å². The summed E-state index contributed by atoms with van der Waals surface area (Å²) in [4.78, 5) is 31.1. The van der Waals surface area contributed by atoms with E-state index in [0.717, 1.165) is 39.9 Å². The van der Waals surface area contributed by atoms with Crippen molar-refractivity contribution in [1.82, 2.24) is 19.9 Å². The molecular weight excluding hydrogens is 398 g/mol. The fraction of sp³-hybridized carbons (Fsp3) is 0.273. The number of benzene rings is 1. The molecule has 0 aliphatic carbocycles. The molecule has 5 rings (SSSR count). The maximum Gasteiger partial charge on any atom is 0.223 e. The molecule has 0 radical (unpaired) electrons. The highest BCUT2D eigenvalue weighted by atomic mass is 32.1. The van der Waals surface area contributed by atoms with E-state index in [1.807, 2.05) is 47.4 Å². The number of nitrogens with zero attached hydrogens (tertiary/aromatic N) is 5. The Morgan fingerprint density at radius 1 is 1.03 bits per heavy atom. The molecule has 0 N–H and O–H groups in total. The first-order valence-corrected chi connectivity index (χ1v) is 10.8. The maximum absolute atomic E-state index is 12.6. The first-order chi connectivity index (χ1) is 14.8. The van der Waals surface area contributed by atoms with Gasteiger partial charge in [0.1, 0.15) is 10.3 Å². The number of anilines is 1. The monoisotopic (exact) mass is 419 g/mol. The maximum atomic E-state index is 12.6. The number of carbonyl (C=O) groups excluding carboxylic acids is 1. The summed E-state index contributed by atoms with van der Waals surface area (Å²) in [5.74, 6) is 1.47. The Morgan fingerprint density at radius 3 is 2.67 bits per heavy atom. The molecule has 3 aromatic heterocycles. The van der Waals surface area contributed by atoms with Gasteiger partial charge < -0.3 is 14.2 Å². The quantitative estimate of drug-likeness (QED) is 0.492. The average molecular weight is 420 g/mol. The van der Waals surface area contributed by atoms with Crippen LogP contribution in [0.2, 0.25) is 0 Å². The highest BCUT2D eigenvalue weighted by molar-refractivity contribution is 7.21. The molecule has 1 amide bonds. The molecule has 1 aliphatic heterocycles. The Labute approximate surface area is 178 Å². The van der Waals surface area contributed by atoms with Crippen molar-refractivity contribution < 1.29 is 9.21 Å². The number of fused-ring (bicyclic) bond motifs is 1. The third-order valence-corrected chi connectivity index (χ3v) is 6.26. The van der Waals surface area contributed by atoms with Crippen LogP contribution in [-0.2, 0) is 11.2 Å². The van der Waals surface area contributed by atoms with Gasteiger partial charge in [-0.1, -0.05) is 41.7 Å². The van der Waals surface area contributed by atoms with Crippen LogP contribution in [-0.4, -0.2) is 51.9 Å². The SMILES string of the molecule is O=C(CCc1ncc(-c2ccccc2)o1)N1CCN(c2nc3cccnc3s2)CC1. The van der Waals surface area contributed by atoms with Crippen LogP contribution in [0.5, 0.6) is 0 Å². The largest absolute Gasteiger partial charge is 0.441 e. The van der Waals surface area contributed by atoms with Crippen molar-refractivity contribution in [3.05, 3.63) is 60.7 Å². The van der Waals surface area contributed by atoms with E-state index < -0.39 is 0 Å². The number of oxazole rings is 1. The van der Waals surface area contributed by atoms with Crippen LogP contribution in [0.4, 0.5) is 5.13 Å². The van der Waals surface area contributed by atoms with E-state index in [2.05, 4.69) is 19.9 Å². The molecule has 1 aliphatic rings. The molecule has 1 aromatic carbocycles. The van der Waals surface area contributed by atoms with Crippen molar-refractivity contribution in [3.8, 4) is 11.3 Å². The number of thiazole rings is 1. The summed E-state index contributed by atoms with van der Waals surface area (Å²) in [6.07, 6.45) is 4.42. The summed E-state index contributed by atoms with van der Waals surface area (Å²) in [5.41, 5.74) is 1.92. The van der Waals surface area contributed by atoms with Gasteiger partial charge in [0.2, 0.25) is 5.91 Å². The molecule has 0 bridgehead atoms. The number of aryl methyl sites for hydroxylation is 1. The third kappa shape index (κ3) is 3.91. The predicted octanol–water partition coefficient (Wildman–Crippen LogP) is 3.63. The standard InChI is InChI=1S/C22H21N5O2S/c28-20(9-8-19-24-15-18(29-19)16-5-2-1-3-6-16)26-11-13-27(14-12-26)22-25-17-7-4-10-23-21(17)30-22/h1-7,10,15H,8-9,11-14H2. The minimum Gasteiger partial charge on any atom is -0.441 e. The molecule has 0 saturated carbocycles. The Bertz CT molecular complexity index is 1120. The van der Waals surface area contributed by atoms with Crippen LogP contribution in [0.15, 0.2) is 59.3 Å². The minimum absolute atomic E-state index is 0.139. The van der Waals surface area contributed by atoms with Gasteiger partial charge in [0.05, 0.1) is 6.20 Å². The number of hydrogen-bond donors (Lipinski definition) is 0. The molecular formula is C22H21N5O2S. The molecule has 4 heterocycles. The van der Waals surface area contributed by atoms with Gasteiger partial charge in [-0.25, -0.2) is 15.0 Å². The van der Waals surface area contributed by atoms with Crippen LogP contribution in [0.3, 0.4) is 0 Å². The smallest absolute Gasteiger partial charge is 0.223 e. The molecule has 0 unspecified atom stereocenters. The van der Waals surface area contributed by atoms with Crippen molar-refractivity contribution in [3.63, 3.8) is 0 Å². The zero-order chi connectivity index (χ0) is 20.3. The fourth-order valence-corrected chi connectivity index (χ4v) is 4.53. The van der Waals surface area contributed by atoms with Gasteiger partial charge >= 0.3 is 0 Å². The highest BCUT2D eigenvalue weighted by Crippen LogP contribution is 2.27. The van der Waals surface area contributed by atoms with E-state index in [-0.39, 0.29) is 5.91 Å². The topological polar surface area (TPSA) is 75.4 Å². The van der Waals surface area contributed by atoms with Gasteiger partial charge in [-0.3, -0.25) is 4.79 Å². The van der Waals surface area contributed by atoms with Gasteiger partial charge in [-0.2, -0.15) is 0 Å². The molecule has 0 spiro atoms. The van der Waals surface area contributed by atoms with E-state index in [0.29, 0.717) is 31.8 Å². The predicted molar refractivity (Wildman–Crippen MR) is 116 cm³/mol. The summed E-state index contributed by atoms with van der Waals surface area (Å²) in [5, 5.41) is 0.976. The second kappa shape index (κ2) is 8.23. The summed E-state index contributed by atoms with van der Waals surface area (Å²) in [6.45, 7) is 2.96. The number of hydrogen-bond acceptors (Lipinski definition) is 7. The number of carbonyl (C=O) groups is 1. The molecule has 30 heavy (non-hydrogen) atoms. The number of rotatable bonds is 5. The lowest BCUT2D eigenvalue weighted by Crippen LogP contribution is -2.48. The lowest BCUT2D eigenvalue weighted by atomic mass is 10.2. The Balaban J connectivity index is 1.14. The van der Waals surface area contributed by atoms with E-state index in [1.54, 1.807) is 23.7 Å². The van der Waals surface area contributed by atoms with Crippen molar-refractivity contribution in [2.45, 2.75) is 12.8 Å². The van der Waals surface area contributed by atoms with Crippen LogP contribution in [0, 0.1) is 0 Å². The molecule has 1 fully saturated rings. The second-order valence-electron chi connectivity index (χ2n) is 7.18. The van der Waals surface area contributed by atoms with E-state index in [4.69, 9.17) is 4.42 Å². The van der Waals surface area contributed by atoms with Gasteiger partial charge in [0.15, 0.2) is 16.8 Å². The minimum atomic E-state index is 0.139. The fourth-order valence-electron chi connectivity index (χ4n) is 3.57.